The van der Waals surface area contributed by atoms with E-state index < -0.39 is 133 Å². The van der Waals surface area contributed by atoms with E-state index in [1.165, 1.54) is 4.90 Å². The molecular formula is C38H65N13O13S2. The lowest BCUT2D eigenvalue weighted by atomic mass is 10.0. The number of carbonyl (C=O) groups is 10. The molecular weight excluding hydrogens is 911 g/mol. The quantitative estimate of drug-likeness (QED) is 0.0157. The third kappa shape index (κ3) is 17.4. The van der Waals surface area contributed by atoms with Crippen molar-refractivity contribution in [3.63, 3.8) is 0 Å². The average molecular weight is 976 g/mol. The second-order valence-corrected chi connectivity index (χ2v) is 16.9. The molecule has 0 aromatic rings. The molecule has 0 radical (unpaired) electrons. The van der Waals surface area contributed by atoms with Crippen LogP contribution < -0.4 is 54.8 Å². The van der Waals surface area contributed by atoms with Crippen LogP contribution in [0.5, 0.6) is 0 Å². The summed E-state index contributed by atoms with van der Waals surface area (Å²) in [5, 5.41) is 44.0. The number of carboxylic acids is 1. The fourth-order valence-corrected chi connectivity index (χ4v) is 7.58. The largest absolute Gasteiger partial charge is 0.480 e. The number of nitrogens with two attached hydrogens (primary N) is 4. The summed E-state index contributed by atoms with van der Waals surface area (Å²) in [5.41, 5.74) is 21.9. The van der Waals surface area contributed by atoms with Crippen LogP contribution in [0.1, 0.15) is 65.2 Å². The number of likely N-dealkylation sites (tertiary alicyclic amines) is 2. The van der Waals surface area contributed by atoms with Gasteiger partial charge < -0.3 is 80.0 Å². The van der Waals surface area contributed by atoms with Gasteiger partial charge >= 0.3 is 5.97 Å². The Hall–Kier alpha value is -5.45. The Kier molecular flexibility index (Phi) is 24.0. The first kappa shape index (κ1) is 56.7. The van der Waals surface area contributed by atoms with Crippen molar-refractivity contribution < 1.29 is 63.3 Å². The number of guanidine groups is 1. The number of thiol groups is 2. The minimum Gasteiger partial charge on any atom is -0.480 e. The average Bonchev–Trinajstić information content (AvgIpc) is 3.97. The summed E-state index contributed by atoms with van der Waals surface area (Å²) in [4.78, 5) is 137. The molecule has 9 atom stereocenters. The number of nitrogens with one attached hydrogen (secondary N) is 6. The normalized spacial score (nSPS) is 18.9. The van der Waals surface area contributed by atoms with Crippen LogP contribution in [0.2, 0.25) is 0 Å². The minimum absolute atomic E-state index is 0.00275. The first-order valence-electron chi connectivity index (χ1n) is 21.3. The maximum atomic E-state index is 13.9. The minimum atomic E-state index is -1.64. The van der Waals surface area contributed by atoms with Gasteiger partial charge in [0.05, 0.1) is 25.7 Å². The summed E-state index contributed by atoms with van der Waals surface area (Å²) in [5.74, 6) is -9.97. The second-order valence-electron chi connectivity index (χ2n) is 16.2. The second kappa shape index (κ2) is 27.9. The van der Waals surface area contributed by atoms with Crippen molar-refractivity contribution in [1.29, 1.82) is 0 Å². The zero-order valence-electron chi connectivity index (χ0n) is 36.8. The first-order chi connectivity index (χ1) is 31.1. The van der Waals surface area contributed by atoms with Crippen LogP contribution in [-0.4, -0.2) is 189 Å². The van der Waals surface area contributed by atoms with E-state index in [-0.39, 0.29) is 75.1 Å². The lowest BCUT2D eigenvalue weighted by Gasteiger charge is -2.31. The molecule has 2 fully saturated rings. The molecule has 2 saturated heterocycles. The van der Waals surface area contributed by atoms with Crippen LogP contribution in [0, 0.1) is 5.92 Å². The Labute approximate surface area is 392 Å². The Bertz CT molecular complexity index is 1790. The first-order valence-corrected chi connectivity index (χ1v) is 22.6. The number of nitrogens with zero attached hydrogens (tertiary/aromatic N) is 3. The number of carboxylic acid groups (broad SMARTS) is 1. The molecule has 0 aromatic carbocycles. The molecule has 2 aliphatic heterocycles. The van der Waals surface area contributed by atoms with Gasteiger partial charge in [-0.05, 0) is 50.9 Å². The summed E-state index contributed by atoms with van der Waals surface area (Å²) in [6.45, 7) is 1.75. The van der Waals surface area contributed by atoms with E-state index in [4.69, 9.17) is 22.9 Å². The monoisotopic (exact) mass is 975 g/mol. The summed E-state index contributed by atoms with van der Waals surface area (Å²) >= 11 is 7.85. The van der Waals surface area contributed by atoms with E-state index in [9.17, 15) is 63.3 Å². The number of aliphatic hydroxyl groups excluding tert-OH is 2. The molecule has 17 N–H and O–H groups in total. The highest BCUT2D eigenvalue weighted by molar-refractivity contribution is 7.80. The maximum Gasteiger partial charge on any atom is 0.327 e. The SMILES string of the molecule is CC(C)C[C@H](NC(=O)[C@@H]1CCCN1C(=O)[C@H](CC(N)=O)NC(=O)[C@@H](N)CS)C(=O)N[C@@H](CO)C(=O)N1CCC[C@H]1C(=O)N[C@@H](CCCN=C(N)N)C(=O)N[C@@H](CO)C(=O)N[C@@H](CS)C(=O)O. The molecule has 0 spiro atoms. The van der Waals surface area contributed by atoms with Crippen LogP contribution in [0.15, 0.2) is 4.99 Å². The number of rotatable bonds is 27. The molecule has 28 heteroatoms. The zero-order chi connectivity index (χ0) is 49.8. The number of amides is 9. The van der Waals surface area contributed by atoms with Crippen molar-refractivity contribution in [2.45, 2.75) is 120 Å². The molecule has 0 bridgehead atoms. The van der Waals surface area contributed by atoms with Gasteiger partial charge in [-0.2, -0.15) is 25.3 Å². The van der Waals surface area contributed by atoms with Crippen molar-refractivity contribution in [1.82, 2.24) is 41.7 Å². The lowest BCUT2D eigenvalue weighted by molar-refractivity contribution is -0.144. The molecule has 0 unspecified atom stereocenters. The Morgan fingerprint density at radius 3 is 1.59 bits per heavy atom. The van der Waals surface area contributed by atoms with Crippen molar-refractivity contribution in [3.05, 3.63) is 0 Å². The van der Waals surface area contributed by atoms with Crippen LogP contribution >= 0.6 is 25.3 Å². The number of aliphatic hydroxyl groups is 2. The van der Waals surface area contributed by atoms with Gasteiger partial charge in [0.1, 0.15) is 48.3 Å². The van der Waals surface area contributed by atoms with Gasteiger partial charge in [-0.25, -0.2) is 4.79 Å². The molecule has 0 saturated carbocycles. The molecule has 2 heterocycles. The standard InChI is InChI=1S/C38H65N13O13S2/c1-18(2)12-21(45-34(60)27-8-4-10-50(27)35(61)22(13-28(40)54)46-29(55)19(39)16-65)31(57)48-24(15-53)36(62)51-11-5-7-26(51)33(59)44-20(6-3-9-43-38(41)42)30(56)47-23(14-52)32(58)49-25(17-66)37(63)64/h18-27,52-53,65-66H,3-17,39H2,1-2H3,(H2,40,54)(H,44,59)(H,45,60)(H,46,55)(H,47,56)(H,48,57)(H,49,58)(H,63,64)(H4,41,42,43)/t19-,20-,21-,22-,23-,24-,25-,26-,27-/m0/s1. The van der Waals surface area contributed by atoms with Gasteiger partial charge in [0.2, 0.25) is 53.2 Å². The van der Waals surface area contributed by atoms with Crippen LogP contribution in [0.3, 0.4) is 0 Å². The predicted octanol–water partition coefficient (Wildman–Crippen LogP) is -6.89. The Balaban J connectivity index is 2.26. The van der Waals surface area contributed by atoms with Crippen molar-refractivity contribution in [2.24, 2.45) is 33.8 Å². The highest BCUT2D eigenvalue weighted by atomic mass is 32.1. The van der Waals surface area contributed by atoms with E-state index in [2.05, 4.69) is 62.2 Å². The number of hydrogen-bond acceptors (Lipinski definition) is 16. The van der Waals surface area contributed by atoms with Crippen molar-refractivity contribution >= 4 is 90.4 Å². The van der Waals surface area contributed by atoms with E-state index >= 15 is 0 Å². The summed E-state index contributed by atoms with van der Waals surface area (Å²) in [6.07, 6.45) is 0.404. The van der Waals surface area contributed by atoms with E-state index in [1.54, 1.807) is 13.8 Å². The number of carbonyl (C=O) groups excluding carboxylic acids is 9. The molecule has 0 aromatic heterocycles. The molecule has 26 nitrogen and oxygen atoms in total. The van der Waals surface area contributed by atoms with Gasteiger partial charge in [-0.1, -0.05) is 13.8 Å². The third-order valence-corrected chi connectivity index (χ3v) is 11.3. The van der Waals surface area contributed by atoms with Crippen LogP contribution in [0.4, 0.5) is 0 Å². The lowest BCUT2D eigenvalue weighted by Crippen LogP contribution is -2.61. The Morgan fingerprint density at radius 2 is 1.12 bits per heavy atom. The molecule has 66 heavy (non-hydrogen) atoms. The fraction of sp³-hybridized carbons (Fsp3) is 0.711. The molecule has 0 aliphatic carbocycles. The number of hydrogen-bond donors (Lipinski definition) is 15. The molecule has 2 aliphatic rings. The molecule has 9 amide bonds. The molecule has 2 rings (SSSR count). The predicted molar refractivity (Wildman–Crippen MR) is 242 cm³/mol. The van der Waals surface area contributed by atoms with Gasteiger partial charge in [0.25, 0.3) is 0 Å². The van der Waals surface area contributed by atoms with Gasteiger partial charge in [0.15, 0.2) is 5.96 Å². The van der Waals surface area contributed by atoms with Crippen molar-refractivity contribution in [2.75, 3.05) is 44.4 Å². The van der Waals surface area contributed by atoms with E-state index in [0.29, 0.717) is 12.8 Å². The highest BCUT2D eigenvalue weighted by Crippen LogP contribution is 2.22. The topological polar surface area (TPSA) is 426 Å². The number of primary amides is 1. The van der Waals surface area contributed by atoms with Gasteiger partial charge in [0, 0.05) is 31.1 Å². The summed E-state index contributed by atoms with van der Waals surface area (Å²) < 4.78 is 0. The smallest absolute Gasteiger partial charge is 0.327 e. The maximum absolute atomic E-state index is 13.9. The highest BCUT2D eigenvalue weighted by Gasteiger charge is 2.42. The van der Waals surface area contributed by atoms with Gasteiger partial charge in [-0.3, -0.25) is 48.1 Å². The van der Waals surface area contributed by atoms with Crippen LogP contribution in [0.25, 0.3) is 0 Å². The van der Waals surface area contributed by atoms with Crippen LogP contribution in [-0.2, 0) is 47.9 Å². The number of aliphatic imine (C=N–C) groups is 1. The number of aliphatic carboxylic acids is 1. The van der Waals surface area contributed by atoms with Crippen molar-refractivity contribution in [3.8, 4) is 0 Å². The van der Waals surface area contributed by atoms with E-state index in [0.717, 1.165) is 4.90 Å². The third-order valence-electron chi connectivity index (χ3n) is 10.6. The summed E-state index contributed by atoms with van der Waals surface area (Å²) in [7, 11) is 0. The summed E-state index contributed by atoms with van der Waals surface area (Å²) in [6, 6.07) is -12.3. The van der Waals surface area contributed by atoms with Gasteiger partial charge in [-0.15, -0.1) is 0 Å². The Morgan fingerprint density at radius 1 is 0.652 bits per heavy atom. The fourth-order valence-electron chi connectivity index (χ4n) is 7.16. The zero-order valence-corrected chi connectivity index (χ0v) is 38.6. The molecule has 372 valence electrons. The van der Waals surface area contributed by atoms with E-state index in [1.807, 2.05) is 0 Å².